The monoisotopic (exact) mass is 616 g/mol. The first-order chi connectivity index (χ1) is 20.0. The summed E-state index contributed by atoms with van der Waals surface area (Å²) in [4.78, 5) is 18.8. The molecule has 1 aliphatic carbocycles. The van der Waals surface area contributed by atoms with Crippen molar-refractivity contribution < 1.29 is 36.2 Å². The zero-order chi connectivity index (χ0) is 30.1. The van der Waals surface area contributed by atoms with E-state index in [1.54, 1.807) is 43.3 Å². The molecule has 7 nitrogen and oxygen atoms in total. The minimum absolute atomic E-state index is 0.0287. The third-order valence-corrected chi connectivity index (χ3v) is 9.75. The molecule has 1 unspecified atom stereocenters. The minimum atomic E-state index is -4.43. The number of aliphatic hydroxyl groups is 1. The molecule has 1 amide bonds. The summed E-state index contributed by atoms with van der Waals surface area (Å²) in [6.07, 6.45) is -2.42. The molecule has 0 bridgehead atoms. The van der Waals surface area contributed by atoms with Gasteiger partial charge in [0, 0.05) is 16.0 Å². The molecule has 0 spiro atoms. The zero-order valence-electron chi connectivity index (χ0n) is 22.4. The number of carbonyl (C=O) groups is 1. The average molecular weight is 617 g/mol. The van der Waals surface area contributed by atoms with Crippen LogP contribution < -0.4 is 10.1 Å². The van der Waals surface area contributed by atoms with Gasteiger partial charge in [0.15, 0.2) is 9.84 Å². The predicted octanol–water partition coefficient (Wildman–Crippen LogP) is 6.76. The Kier molecular flexibility index (Phi) is 8.40. The van der Waals surface area contributed by atoms with E-state index in [-0.39, 0.29) is 23.0 Å². The first-order valence-electron chi connectivity index (χ1n) is 13.2. The second-order valence-corrected chi connectivity index (χ2v) is 13.1. The summed E-state index contributed by atoms with van der Waals surface area (Å²) in [7, 11) is -3.37. The van der Waals surface area contributed by atoms with Crippen LogP contribution >= 0.6 is 11.3 Å². The number of nitrogens with one attached hydrogen (secondary N) is 1. The highest BCUT2D eigenvalue weighted by Gasteiger charge is 2.32. The summed E-state index contributed by atoms with van der Waals surface area (Å²) < 4.78 is 68.5. The second kappa shape index (κ2) is 11.9. The van der Waals surface area contributed by atoms with Crippen LogP contribution in [0, 0.1) is 0 Å². The SMILES string of the molecule is CCS(=O)(=O)c1ccc(C(CO)NC(=O)c2ccc(-c3nc(Oc4ccc(C(F)(F)F)cc4)sc3C3CC3)cc2)cc1. The highest BCUT2D eigenvalue weighted by molar-refractivity contribution is 7.91. The van der Waals surface area contributed by atoms with Crippen molar-refractivity contribution >= 4 is 27.1 Å². The van der Waals surface area contributed by atoms with Gasteiger partial charge in [0.25, 0.3) is 11.1 Å². The minimum Gasteiger partial charge on any atom is -0.431 e. The predicted molar refractivity (Wildman–Crippen MR) is 153 cm³/mol. The van der Waals surface area contributed by atoms with Gasteiger partial charge in [-0.2, -0.15) is 13.2 Å². The average Bonchev–Trinajstić information content (AvgIpc) is 3.75. The van der Waals surface area contributed by atoms with Gasteiger partial charge in [0.1, 0.15) is 5.75 Å². The van der Waals surface area contributed by atoms with Crippen molar-refractivity contribution in [3.63, 3.8) is 0 Å². The van der Waals surface area contributed by atoms with Crippen LogP contribution in [0.25, 0.3) is 11.3 Å². The van der Waals surface area contributed by atoms with Crippen LogP contribution in [-0.4, -0.2) is 36.8 Å². The fourth-order valence-electron chi connectivity index (χ4n) is 4.33. The molecule has 1 saturated carbocycles. The maximum absolute atomic E-state index is 13.0. The molecule has 0 saturated heterocycles. The molecule has 42 heavy (non-hydrogen) atoms. The van der Waals surface area contributed by atoms with Crippen LogP contribution in [0.3, 0.4) is 0 Å². The molecule has 0 radical (unpaired) electrons. The van der Waals surface area contributed by atoms with Crippen molar-refractivity contribution in [2.24, 2.45) is 0 Å². The number of amides is 1. The Hall–Kier alpha value is -3.74. The van der Waals surface area contributed by atoms with E-state index in [1.807, 2.05) is 0 Å². The van der Waals surface area contributed by atoms with Gasteiger partial charge in [0.2, 0.25) is 0 Å². The maximum atomic E-state index is 13.0. The van der Waals surface area contributed by atoms with Crippen molar-refractivity contribution in [2.75, 3.05) is 12.4 Å². The zero-order valence-corrected chi connectivity index (χ0v) is 24.0. The molecule has 1 heterocycles. The Morgan fingerprint density at radius 3 is 2.24 bits per heavy atom. The molecular weight excluding hydrogens is 589 g/mol. The van der Waals surface area contributed by atoms with Crippen LogP contribution in [-0.2, 0) is 16.0 Å². The summed E-state index contributed by atoms with van der Waals surface area (Å²) in [5, 5.41) is 13.0. The van der Waals surface area contributed by atoms with Gasteiger partial charge in [0.05, 0.1) is 34.6 Å². The molecule has 2 N–H and O–H groups in total. The van der Waals surface area contributed by atoms with Crippen molar-refractivity contribution in [1.82, 2.24) is 10.3 Å². The van der Waals surface area contributed by atoms with E-state index in [0.29, 0.717) is 27.9 Å². The second-order valence-electron chi connectivity index (χ2n) is 9.85. The normalized spacial score (nSPS) is 14.4. The fraction of sp³-hybridized carbons (Fsp3) is 0.267. The summed E-state index contributed by atoms with van der Waals surface area (Å²) in [6, 6.07) is 16.6. The molecular formula is C30H27F3N2O5S2. The lowest BCUT2D eigenvalue weighted by molar-refractivity contribution is -0.137. The largest absolute Gasteiger partial charge is 0.431 e. The highest BCUT2D eigenvalue weighted by atomic mass is 32.2. The van der Waals surface area contributed by atoms with Crippen LogP contribution in [0.5, 0.6) is 10.9 Å². The quantitative estimate of drug-likeness (QED) is 0.204. The first kappa shape index (κ1) is 29.7. The summed E-state index contributed by atoms with van der Waals surface area (Å²) >= 11 is 1.35. The maximum Gasteiger partial charge on any atom is 0.416 e. The number of hydrogen-bond donors (Lipinski definition) is 2. The Balaban J connectivity index is 1.30. The molecule has 4 aromatic rings. The van der Waals surface area contributed by atoms with E-state index in [2.05, 4.69) is 10.3 Å². The van der Waals surface area contributed by atoms with E-state index in [0.717, 1.165) is 35.4 Å². The molecule has 1 aliphatic rings. The van der Waals surface area contributed by atoms with Crippen LogP contribution in [0.15, 0.2) is 77.7 Å². The topological polar surface area (TPSA) is 106 Å². The van der Waals surface area contributed by atoms with Gasteiger partial charge in [-0.25, -0.2) is 13.4 Å². The van der Waals surface area contributed by atoms with E-state index in [4.69, 9.17) is 4.74 Å². The van der Waals surface area contributed by atoms with Crippen molar-refractivity contribution in [3.8, 4) is 22.2 Å². The van der Waals surface area contributed by atoms with Gasteiger partial charge in [-0.15, -0.1) is 0 Å². The van der Waals surface area contributed by atoms with Gasteiger partial charge in [-0.1, -0.05) is 42.5 Å². The summed E-state index contributed by atoms with van der Waals surface area (Å²) in [5.74, 6) is 0.129. The number of benzene rings is 3. The van der Waals surface area contributed by atoms with Gasteiger partial charge in [-0.05, 0) is 72.9 Å². The third-order valence-electron chi connectivity index (χ3n) is 6.90. The molecule has 1 fully saturated rings. The number of nitrogens with zero attached hydrogens (tertiary/aromatic N) is 1. The van der Waals surface area contributed by atoms with Crippen molar-refractivity contribution in [1.29, 1.82) is 0 Å². The number of ether oxygens (including phenoxy) is 1. The van der Waals surface area contributed by atoms with Gasteiger partial charge in [-0.3, -0.25) is 4.79 Å². The number of rotatable bonds is 10. The van der Waals surface area contributed by atoms with Crippen LogP contribution in [0.2, 0.25) is 0 Å². The van der Waals surface area contributed by atoms with E-state index >= 15 is 0 Å². The Morgan fingerprint density at radius 2 is 1.69 bits per heavy atom. The van der Waals surface area contributed by atoms with Crippen LogP contribution in [0.4, 0.5) is 13.2 Å². The molecule has 1 atom stereocenters. The molecule has 1 aromatic heterocycles. The first-order valence-corrected chi connectivity index (χ1v) is 15.7. The van der Waals surface area contributed by atoms with E-state index in [9.17, 15) is 31.5 Å². The standard InChI is InChI=1S/C30H27F3N2O5S2/c1-2-42(38,39)24-15-9-18(10-16-24)25(17-36)34-28(37)21-7-3-19(4-8-21)26-27(20-5-6-20)41-29(35-26)40-23-13-11-22(12-14-23)30(31,32)33/h3-4,7-16,20,25,36H,2,5-6,17H2,1H3,(H,34,37). The van der Waals surface area contributed by atoms with Crippen LogP contribution in [0.1, 0.15) is 58.1 Å². The molecule has 3 aromatic carbocycles. The number of hydrogen-bond acceptors (Lipinski definition) is 7. The van der Waals surface area contributed by atoms with Crippen molar-refractivity contribution in [3.05, 3.63) is 94.4 Å². The van der Waals surface area contributed by atoms with E-state index in [1.165, 1.54) is 35.6 Å². The van der Waals surface area contributed by atoms with Crippen molar-refractivity contribution in [2.45, 2.75) is 42.8 Å². The molecule has 5 rings (SSSR count). The Labute approximate surface area is 244 Å². The number of halogens is 3. The number of thiazole rings is 1. The molecule has 220 valence electrons. The number of sulfone groups is 1. The van der Waals surface area contributed by atoms with E-state index < -0.39 is 33.5 Å². The van der Waals surface area contributed by atoms with Gasteiger partial charge >= 0.3 is 6.18 Å². The lowest BCUT2D eigenvalue weighted by Crippen LogP contribution is -2.30. The lowest BCUT2D eigenvalue weighted by Gasteiger charge is -2.17. The summed E-state index contributed by atoms with van der Waals surface area (Å²) in [6.45, 7) is 1.18. The number of alkyl halides is 3. The fourth-order valence-corrected chi connectivity index (χ4v) is 6.34. The Bertz CT molecular complexity index is 1660. The lowest BCUT2D eigenvalue weighted by atomic mass is 10.0. The third kappa shape index (κ3) is 6.66. The Morgan fingerprint density at radius 1 is 1.05 bits per heavy atom. The smallest absolute Gasteiger partial charge is 0.416 e. The molecule has 12 heteroatoms. The highest BCUT2D eigenvalue weighted by Crippen LogP contribution is 2.49. The van der Waals surface area contributed by atoms with Gasteiger partial charge < -0.3 is 15.2 Å². The molecule has 0 aliphatic heterocycles. The summed E-state index contributed by atoms with van der Waals surface area (Å²) in [5.41, 5.74) is 1.62. The number of aromatic nitrogens is 1. The number of aliphatic hydroxyl groups excluding tert-OH is 1. The number of carbonyl (C=O) groups excluding carboxylic acids is 1.